The number of carbonyl (C=O) groups excluding carboxylic acids is 2. The summed E-state index contributed by atoms with van der Waals surface area (Å²) in [6.07, 6.45) is 16.2. The number of aliphatic hydroxyl groups excluding tert-OH is 1. The summed E-state index contributed by atoms with van der Waals surface area (Å²) in [4.78, 5) is 23.7. The van der Waals surface area contributed by atoms with Gasteiger partial charge in [-0.3, -0.25) is 9.59 Å². The largest absolute Gasteiger partial charge is 0.469 e. The molecule has 2 aliphatic rings. The van der Waals surface area contributed by atoms with Crippen LogP contribution in [0.15, 0.2) is 24.3 Å². The zero-order valence-electron chi connectivity index (χ0n) is 19.8. The van der Waals surface area contributed by atoms with Gasteiger partial charge in [-0.15, -0.1) is 0 Å². The summed E-state index contributed by atoms with van der Waals surface area (Å²) in [5.41, 5.74) is 0.0804. The Kier molecular flexibility index (Phi) is 10.4. The molecule has 0 heterocycles. The molecule has 176 valence electrons. The van der Waals surface area contributed by atoms with Gasteiger partial charge >= 0.3 is 5.97 Å². The quantitative estimate of drug-likeness (QED) is 0.250. The standard InChI is InChI=1S/C26H42O5/c1-19(2)18-26(15-10-16-26)24(28)13-9-12-21-20(22(27)17-23(21)30-3)11-7-5-6-8-14-25(29)31-4/h5,7,9,12,19-21,23-24,28H,6,8,10-11,13-18H2,1-4H3/t20-,21-,23?,24?/m1/s1. The van der Waals surface area contributed by atoms with Crippen LogP contribution in [0.4, 0.5) is 0 Å². The lowest BCUT2D eigenvalue weighted by Crippen LogP contribution is -2.42. The van der Waals surface area contributed by atoms with Gasteiger partial charge in [-0.1, -0.05) is 44.6 Å². The number of carbonyl (C=O) groups is 2. The van der Waals surface area contributed by atoms with Crippen LogP contribution in [-0.4, -0.2) is 43.3 Å². The van der Waals surface area contributed by atoms with Crippen LogP contribution in [-0.2, 0) is 19.1 Å². The summed E-state index contributed by atoms with van der Waals surface area (Å²) in [5.74, 6) is 0.617. The highest BCUT2D eigenvalue weighted by molar-refractivity contribution is 5.84. The first-order valence-corrected chi connectivity index (χ1v) is 11.9. The second kappa shape index (κ2) is 12.5. The smallest absolute Gasteiger partial charge is 0.305 e. The molecular weight excluding hydrogens is 392 g/mol. The van der Waals surface area contributed by atoms with Crippen LogP contribution in [0.5, 0.6) is 0 Å². The van der Waals surface area contributed by atoms with Gasteiger partial charge in [0.15, 0.2) is 0 Å². The monoisotopic (exact) mass is 434 g/mol. The normalized spacial score (nSPS) is 26.6. The van der Waals surface area contributed by atoms with E-state index in [1.54, 1.807) is 7.11 Å². The average Bonchev–Trinajstić information content (AvgIpc) is 3.01. The van der Waals surface area contributed by atoms with Gasteiger partial charge < -0.3 is 14.6 Å². The van der Waals surface area contributed by atoms with E-state index in [1.807, 2.05) is 6.08 Å². The first-order valence-electron chi connectivity index (χ1n) is 11.9. The molecule has 2 fully saturated rings. The van der Waals surface area contributed by atoms with Crippen molar-refractivity contribution >= 4 is 11.8 Å². The molecule has 4 atom stereocenters. The van der Waals surface area contributed by atoms with Crippen molar-refractivity contribution in [3.05, 3.63) is 24.3 Å². The van der Waals surface area contributed by atoms with Crippen LogP contribution in [0.25, 0.3) is 0 Å². The summed E-state index contributed by atoms with van der Waals surface area (Å²) >= 11 is 0. The number of esters is 1. The summed E-state index contributed by atoms with van der Waals surface area (Å²) in [6.45, 7) is 4.45. The molecule has 0 aliphatic heterocycles. The Balaban J connectivity index is 1.90. The van der Waals surface area contributed by atoms with Gasteiger partial charge in [0, 0.05) is 31.8 Å². The summed E-state index contributed by atoms with van der Waals surface area (Å²) in [6, 6.07) is 0. The van der Waals surface area contributed by atoms with Crippen LogP contribution < -0.4 is 0 Å². The lowest BCUT2D eigenvalue weighted by atomic mass is 9.60. The fourth-order valence-electron chi connectivity index (χ4n) is 5.31. The van der Waals surface area contributed by atoms with Gasteiger partial charge in [0.05, 0.1) is 19.3 Å². The summed E-state index contributed by atoms with van der Waals surface area (Å²) in [5, 5.41) is 10.9. The van der Waals surface area contributed by atoms with Gasteiger partial charge in [0.2, 0.25) is 0 Å². The number of allylic oxidation sites excluding steroid dienone is 2. The number of methoxy groups -OCH3 is 2. The highest BCUT2D eigenvalue weighted by Crippen LogP contribution is 2.49. The van der Waals surface area contributed by atoms with Crippen LogP contribution in [0.1, 0.15) is 78.1 Å². The van der Waals surface area contributed by atoms with Crippen LogP contribution >= 0.6 is 0 Å². The highest BCUT2D eigenvalue weighted by atomic mass is 16.5. The Labute approximate surface area is 188 Å². The van der Waals surface area contributed by atoms with Gasteiger partial charge in [-0.2, -0.15) is 0 Å². The zero-order valence-corrected chi connectivity index (χ0v) is 19.8. The van der Waals surface area contributed by atoms with Crippen LogP contribution in [0.2, 0.25) is 0 Å². The zero-order chi connectivity index (χ0) is 22.9. The van der Waals surface area contributed by atoms with Crippen molar-refractivity contribution in [2.24, 2.45) is 23.2 Å². The maximum atomic E-state index is 12.6. The van der Waals surface area contributed by atoms with E-state index in [9.17, 15) is 14.7 Å². The fraction of sp³-hybridized carbons (Fsp3) is 0.769. The third kappa shape index (κ3) is 7.28. The topological polar surface area (TPSA) is 72.8 Å². The van der Waals surface area contributed by atoms with E-state index in [0.717, 1.165) is 32.1 Å². The molecule has 2 unspecified atom stereocenters. The lowest BCUT2D eigenvalue weighted by molar-refractivity contribution is -0.140. The van der Waals surface area contributed by atoms with Crippen molar-refractivity contribution < 1.29 is 24.2 Å². The first kappa shape index (κ1) is 25.8. The molecule has 0 amide bonds. The Morgan fingerprint density at radius 1 is 1.23 bits per heavy atom. The van der Waals surface area contributed by atoms with Gasteiger partial charge in [0.25, 0.3) is 0 Å². The van der Waals surface area contributed by atoms with Gasteiger partial charge in [-0.05, 0) is 56.3 Å². The summed E-state index contributed by atoms with van der Waals surface area (Å²) in [7, 11) is 3.07. The third-order valence-electron chi connectivity index (χ3n) is 7.14. The predicted molar refractivity (Wildman–Crippen MR) is 123 cm³/mol. The van der Waals surface area contributed by atoms with E-state index in [-0.39, 0.29) is 41.2 Å². The van der Waals surface area contributed by atoms with Crippen LogP contribution in [0, 0.1) is 23.2 Å². The number of hydrogen-bond acceptors (Lipinski definition) is 5. The lowest BCUT2D eigenvalue weighted by Gasteiger charge is -2.46. The maximum Gasteiger partial charge on any atom is 0.305 e. The minimum Gasteiger partial charge on any atom is -0.469 e. The van der Waals surface area contributed by atoms with E-state index in [2.05, 4.69) is 36.8 Å². The molecule has 2 rings (SSSR count). The van der Waals surface area contributed by atoms with E-state index in [1.165, 1.54) is 13.5 Å². The van der Waals surface area contributed by atoms with Gasteiger partial charge in [0.1, 0.15) is 5.78 Å². The molecule has 0 bridgehead atoms. The molecular formula is C26H42O5. The molecule has 0 aromatic rings. The molecule has 0 aromatic heterocycles. The molecule has 5 heteroatoms. The number of Topliss-reactive ketones (excluding diaryl/α,β-unsaturated/α-hetero) is 1. The molecule has 1 N–H and O–H groups in total. The summed E-state index contributed by atoms with van der Waals surface area (Å²) < 4.78 is 10.3. The van der Waals surface area contributed by atoms with Crippen molar-refractivity contribution in [1.82, 2.24) is 0 Å². The molecule has 0 aromatic carbocycles. The van der Waals surface area contributed by atoms with Gasteiger partial charge in [-0.25, -0.2) is 0 Å². The average molecular weight is 435 g/mol. The Morgan fingerprint density at radius 3 is 2.55 bits per heavy atom. The molecule has 2 aliphatic carbocycles. The van der Waals surface area contributed by atoms with Crippen molar-refractivity contribution in [1.29, 1.82) is 0 Å². The Morgan fingerprint density at radius 2 is 1.97 bits per heavy atom. The molecule has 31 heavy (non-hydrogen) atoms. The third-order valence-corrected chi connectivity index (χ3v) is 7.14. The molecule has 0 saturated heterocycles. The van der Waals surface area contributed by atoms with Crippen LogP contribution in [0.3, 0.4) is 0 Å². The van der Waals surface area contributed by atoms with Crippen molar-refractivity contribution in [2.75, 3.05) is 14.2 Å². The number of hydrogen-bond donors (Lipinski definition) is 1. The van der Waals surface area contributed by atoms with E-state index >= 15 is 0 Å². The van der Waals surface area contributed by atoms with E-state index < -0.39 is 0 Å². The number of unbranched alkanes of at least 4 members (excludes halogenated alkanes) is 1. The molecule has 5 nitrogen and oxygen atoms in total. The van der Waals surface area contributed by atoms with Crippen molar-refractivity contribution in [3.8, 4) is 0 Å². The fourth-order valence-corrected chi connectivity index (χ4v) is 5.31. The minimum absolute atomic E-state index is 0.0480. The number of rotatable bonds is 13. The SMILES string of the molecule is COC(=O)CCCC=CC[C@H]1C(=O)CC(OC)[C@@H]1C=CCC(O)C1(CC(C)C)CCC1. The number of ketones is 1. The highest BCUT2D eigenvalue weighted by Gasteiger charge is 2.43. The molecule has 2 saturated carbocycles. The van der Waals surface area contributed by atoms with E-state index in [0.29, 0.717) is 31.6 Å². The predicted octanol–water partition coefficient (Wildman–Crippen LogP) is 5.02. The molecule has 0 spiro atoms. The second-order valence-corrected chi connectivity index (χ2v) is 9.80. The number of ether oxygens (including phenoxy) is 2. The van der Waals surface area contributed by atoms with E-state index in [4.69, 9.17) is 4.74 Å². The van der Waals surface area contributed by atoms with Crippen molar-refractivity contribution in [3.63, 3.8) is 0 Å². The minimum atomic E-state index is -0.314. The Hall–Kier alpha value is -1.46. The van der Waals surface area contributed by atoms with Crippen molar-refractivity contribution in [2.45, 2.75) is 90.3 Å². The maximum absolute atomic E-state index is 12.6. The number of aliphatic hydroxyl groups is 1. The first-order chi connectivity index (χ1) is 14.8. The molecule has 0 radical (unpaired) electrons. The Bertz CT molecular complexity index is 632. The second-order valence-electron chi connectivity index (χ2n) is 9.80.